The first-order valence-corrected chi connectivity index (χ1v) is 13.5. The van der Waals surface area contributed by atoms with Crippen molar-refractivity contribution in [1.29, 1.82) is 0 Å². The fourth-order valence-corrected chi connectivity index (χ4v) is 6.76. The Labute approximate surface area is 206 Å². The first-order chi connectivity index (χ1) is 16.1. The molecule has 1 N–H and O–H groups in total. The van der Waals surface area contributed by atoms with E-state index in [1.54, 1.807) is 22.8 Å². The molecule has 1 aliphatic rings. The Morgan fingerprint density at radius 3 is 2.65 bits per heavy atom. The molecule has 5 rings (SSSR count). The van der Waals surface area contributed by atoms with E-state index in [4.69, 9.17) is 16.3 Å². The van der Waals surface area contributed by atoms with Gasteiger partial charge in [0.05, 0.1) is 27.7 Å². The lowest BCUT2D eigenvalue weighted by Crippen LogP contribution is -2.41. The Bertz CT molecular complexity index is 1560. The quantitative estimate of drug-likeness (QED) is 0.389. The van der Waals surface area contributed by atoms with E-state index < -0.39 is 21.7 Å². The van der Waals surface area contributed by atoms with Crippen molar-refractivity contribution < 1.29 is 13.2 Å². The third-order valence-corrected chi connectivity index (χ3v) is 8.69. The third kappa shape index (κ3) is 4.38. The number of para-hydroxylation sites is 1. The molecule has 1 aliphatic heterocycles. The molecule has 0 bridgehead atoms. The van der Waals surface area contributed by atoms with Crippen molar-refractivity contribution in [3.63, 3.8) is 0 Å². The summed E-state index contributed by atoms with van der Waals surface area (Å²) in [5.41, 5.74) is 1.79. The topological polar surface area (TPSA) is 77.4 Å². The highest BCUT2D eigenvalue weighted by molar-refractivity contribution is 7.89. The smallest absolute Gasteiger partial charge is 0.308 e. The molecule has 4 aromatic rings. The van der Waals surface area contributed by atoms with Gasteiger partial charge in [-0.15, -0.1) is 0 Å². The molecular formula is C25H23ClN2O4S2. The number of ether oxygens (including phenoxy) is 1. The maximum Gasteiger partial charge on any atom is 0.308 e. The van der Waals surface area contributed by atoms with E-state index >= 15 is 0 Å². The highest BCUT2D eigenvalue weighted by Gasteiger charge is 2.36. The van der Waals surface area contributed by atoms with Gasteiger partial charge in [-0.1, -0.05) is 59.3 Å². The van der Waals surface area contributed by atoms with Crippen LogP contribution in [0.4, 0.5) is 0 Å². The molecule has 0 saturated heterocycles. The SMILES string of the molecule is CC1(C)C[C@@H](NS(=O)(=O)c2ccc3c(c2)sc(=O)n3Cc2ccccc2Cl)c2ccccc2O1. The Hall–Kier alpha value is -2.65. The predicted molar refractivity (Wildman–Crippen MR) is 135 cm³/mol. The first-order valence-electron chi connectivity index (χ1n) is 10.8. The number of sulfonamides is 1. The van der Waals surface area contributed by atoms with E-state index in [1.807, 2.05) is 56.3 Å². The Balaban J connectivity index is 1.48. The highest BCUT2D eigenvalue weighted by Crippen LogP contribution is 2.40. The zero-order valence-electron chi connectivity index (χ0n) is 18.6. The van der Waals surface area contributed by atoms with Crippen molar-refractivity contribution in [2.75, 3.05) is 0 Å². The zero-order valence-corrected chi connectivity index (χ0v) is 21.0. The van der Waals surface area contributed by atoms with E-state index in [-0.39, 0.29) is 9.77 Å². The molecule has 176 valence electrons. The Morgan fingerprint density at radius 2 is 1.85 bits per heavy atom. The van der Waals surface area contributed by atoms with E-state index in [9.17, 15) is 13.2 Å². The molecule has 1 aromatic heterocycles. The zero-order chi connectivity index (χ0) is 24.1. The van der Waals surface area contributed by atoms with Crippen LogP contribution in [0.15, 0.2) is 76.4 Å². The first kappa shape index (κ1) is 23.1. The summed E-state index contributed by atoms with van der Waals surface area (Å²) in [6.07, 6.45) is 0.493. The lowest BCUT2D eigenvalue weighted by Gasteiger charge is -2.37. The number of aromatic nitrogens is 1. The number of hydrogen-bond acceptors (Lipinski definition) is 5. The molecule has 9 heteroatoms. The second-order valence-electron chi connectivity index (χ2n) is 8.95. The van der Waals surface area contributed by atoms with Crippen LogP contribution in [0, 0.1) is 0 Å². The van der Waals surface area contributed by atoms with Crippen molar-refractivity contribution in [3.05, 3.63) is 92.5 Å². The largest absolute Gasteiger partial charge is 0.487 e. The molecule has 1 atom stereocenters. The molecule has 6 nitrogen and oxygen atoms in total. The monoisotopic (exact) mass is 514 g/mol. The maximum atomic E-state index is 13.3. The lowest BCUT2D eigenvalue weighted by molar-refractivity contribution is 0.0702. The van der Waals surface area contributed by atoms with Crippen molar-refractivity contribution in [1.82, 2.24) is 9.29 Å². The third-order valence-electron chi connectivity index (χ3n) is 5.91. The fourth-order valence-electron chi connectivity index (χ4n) is 4.32. The van der Waals surface area contributed by atoms with Crippen LogP contribution in [-0.2, 0) is 16.6 Å². The number of thiazole rings is 1. The molecule has 0 spiro atoms. The molecule has 3 aromatic carbocycles. The van der Waals surface area contributed by atoms with E-state index in [1.165, 1.54) is 6.07 Å². The second-order valence-corrected chi connectivity index (χ2v) is 12.1. The number of benzene rings is 3. The van der Waals surface area contributed by atoms with Gasteiger partial charge in [0.15, 0.2) is 0 Å². The molecule has 0 amide bonds. The number of nitrogens with zero attached hydrogens (tertiary/aromatic N) is 1. The van der Waals surface area contributed by atoms with Crippen LogP contribution in [0.5, 0.6) is 5.75 Å². The summed E-state index contributed by atoms with van der Waals surface area (Å²) in [5, 5.41) is 0.580. The second kappa shape index (κ2) is 8.53. The van der Waals surface area contributed by atoms with Gasteiger partial charge in [-0.3, -0.25) is 9.36 Å². The van der Waals surface area contributed by atoms with E-state index in [0.29, 0.717) is 34.0 Å². The summed E-state index contributed by atoms with van der Waals surface area (Å²) < 4.78 is 37.8. The van der Waals surface area contributed by atoms with Gasteiger partial charge < -0.3 is 4.74 Å². The summed E-state index contributed by atoms with van der Waals surface area (Å²) in [6, 6.07) is 19.2. The Kier molecular flexibility index (Phi) is 5.80. The van der Waals surface area contributed by atoms with Crippen LogP contribution in [0.25, 0.3) is 10.2 Å². The standard InChI is InChI=1S/C25H23ClN2O4S2/c1-25(2)14-20(18-8-4-6-10-22(18)32-25)27-34(30,31)17-11-12-21-23(13-17)33-24(29)28(21)15-16-7-3-5-9-19(16)26/h3-13,20,27H,14-15H2,1-2H3/t20-/m1/s1. The number of rotatable bonds is 5. The van der Waals surface area contributed by atoms with Crippen LogP contribution in [0.3, 0.4) is 0 Å². The van der Waals surface area contributed by atoms with Crippen LogP contribution in [0.2, 0.25) is 5.02 Å². The summed E-state index contributed by atoms with van der Waals surface area (Å²) in [7, 11) is -3.84. The average molecular weight is 515 g/mol. The van der Waals surface area contributed by atoms with Gasteiger partial charge in [0.25, 0.3) is 0 Å². The van der Waals surface area contributed by atoms with Crippen LogP contribution in [-0.4, -0.2) is 18.6 Å². The van der Waals surface area contributed by atoms with Gasteiger partial charge in [0, 0.05) is 17.0 Å². The highest BCUT2D eigenvalue weighted by atomic mass is 35.5. The number of halogens is 1. The average Bonchev–Trinajstić information content (AvgIpc) is 3.08. The number of fused-ring (bicyclic) bond motifs is 2. The molecule has 34 heavy (non-hydrogen) atoms. The minimum atomic E-state index is -3.84. The lowest BCUT2D eigenvalue weighted by atomic mass is 9.90. The predicted octanol–water partition coefficient (Wildman–Crippen LogP) is 5.35. The summed E-state index contributed by atoms with van der Waals surface area (Å²) >= 11 is 7.29. The minimum Gasteiger partial charge on any atom is -0.487 e. The molecule has 0 fully saturated rings. The molecule has 0 saturated carbocycles. The molecule has 0 unspecified atom stereocenters. The number of hydrogen-bond donors (Lipinski definition) is 1. The van der Waals surface area contributed by atoms with Crippen LogP contribution in [0.1, 0.15) is 37.4 Å². The van der Waals surface area contributed by atoms with Crippen molar-refractivity contribution >= 4 is 43.2 Å². The van der Waals surface area contributed by atoms with E-state index in [2.05, 4.69) is 4.72 Å². The van der Waals surface area contributed by atoms with Gasteiger partial charge in [-0.25, -0.2) is 13.1 Å². The minimum absolute atomic E-state index is 0.118. The van der Waals surface area contributed by atoms with Gasteiger partial charge in [-0.2, -0.15) is 0 Å². The van der Waals surface area contributed by atoms with Gasteiger partial charge in [0.1, 0.15) is 11.4 Å². The van der Waals surface area contributed by atoms with Crippen molar-refractivity contribution in [2.45, 2.75) is 43.4 Å². The molecule has 2 heterocycles. The van der Waals surface area contributed by atoms with Crippen molar-refractivity contribution in [3.8, 4) is 5.75 Å². The van der Waals surface area contributed by atoms with Gasteiger partial charge >= 0.3 is 4.87 Å². The number of nitrogens with one attached hydrogen (secondary N) is 1. The van der Waals surface area contributed by atoms with Crippen molar-refractivity contribution in [2.24, 2.45) is 0 Å². The van der Waals surface area contributed by atoms with Gasteiger partial charge in [0.2, 0.25) is 10.0 Å². The van der Waals surface area contributed by atoms with Crippen LogP contribution < -0.4 is 14.3 Å². The molecule has 0 radical (unpaired) electrons. The van der Waals surface area contributed by atoms with Crippen LogP contribution >= 0.6 is 22.9 Å². The normalized spacial score (nSPS) is 17.3. The summed E-state index contributed by atoms with van der Waals surface area (Å²) in [6.45, 7) is 4.20. The maximum absolute atomic E-state index is 13.3. The van der Waals surface area contributed by atoms with Gasteiger partial charge in [-0.05, 0) is 49.7 Å². The molecular weight excluding hydrogens is 492 g/mol. The fraction of sp³-hybridized carbons (Fsp3) is 0.240. The summed E-state index contributed by atoms with van der Waals surface area (Å²) in [5.74, 6) is 0.678. The molecule has 0 aliphatic carbocycles. The Morgan fingerprint density at radius 1 is 1.12 bits per heavy atom. The summed E-state index contributed by atoms with van der Waals surface area (Å²) in [4.78, 5) is 12.6. The van der Waals surface area contributed by atoms with E-state index in [0.717, 1.165) is 22.5 Å².